The van der Waals surface area contributed by atoms with Gasteiger partial charge in [0.25, 0.3) is 0 Å². The first-order chi connectivity index (χ1) is 9.29. The van der Waals surface area contributed by atoms with Crippen molar-refractivity contribution in [2.45, 2.75) is 57.5 Å². The van der Waals surface area contributed by atoms with Crippen LogP contribution in [0.1, 0.15) is 57.2 Å². The first kappa shape index (κ1) is 13.4. The summed E-state index contributed by atoms with van der Waals surface area (Å²) in [5, 5.41) is 6.76. The third kappa shape index (κ3) is 2.65. The summed E-state index contributed by atoms with van der Waals surface area (Å²) in [7, 11) is 2.00. The standard InChI is InChI=1S/C15H25N3S/c1-11(16-2)13-10-19-15(17-13)18-9-5-7-12-6-3-4-8-14(12)18/h10-12,14,16H,3-9H2,1-2H3. The van der Waals surface area contributed by atoms with Crippen LogP contribution in [0.15, 0.2) is 5.38 Å². The molecule has 1 aliphatic carbocycles. The van der Waals surface area contributed by atoms with Gasteiger partial charge in [0.05, 0.1) is 5.69 Å². The minimum absolute atomic E-state index is 0.358. The lowest BCUT2D eigenvalue weighted by Gasteiger charge is -2.44. The smallest absolute Gasteiger partial charge is 0.185 e. The van der Waals surface area contributed by atoms with Gasteiger partial charge >= 0.3 is 0 Å². The number of hydrogen-bond donors (Lipinski definition) is 1. The first-order valence-corrected chi connectivity index (χ1v) is 8.57. The zero-order valence-corrected chi connectivity index (χ0v) is 12.9. The Kier molecular flexibility index (Phi) is 4.08. The third-order valence-corrected chi connectivity index (χ3v) is 5.77. The van der Waals surface area contributed by atoms with Gasteiger partial charge < -0.3 is 10.2 Å². The molecule has 0 radical (unpaired) electrons. The molecule has 3 atom stereocenters. The summed E-state index contributed by atoms with van der Waals surface area (Å²) in [4.78, 5) is 7.49. The normalized spacial score (nSPS) is 29.1. The van der Waals surface area contributed by atoms with Gasteiger partial charge in [0.1, 0.15) is 0 Å². The summed E-state index contributed by atoms with van der Waals surface area (Å²) >= 11 is 1.83. The van der Waals surface area contributed by atoms with Crippen molar-refractivity contribution in [2.24, 2.45) is 5.92 Å². The van der Waals surface area contributed by atoms with E-state index in [4.69, 9.17) is 4.98 Å². The van der Waals surface area contributed by atoms with Crippen LogP contribution in [0.3, 0.4) is 0 Å². The zero-order chi connectivity index (χ0) is 13.2. The summed E-state index contributed by atoms with van der Waals surface area (Å²) in [5.74, 6) is 0.927. The number of fused-ring (bicyclic) bond motifs is 1. The molecule has 2 heterocycles. The van der Waals surface area contributed by atoms with Gasteiger partial charge in [-0.05, 0) is 45.6 Å². The van der Waals surface area contributed by atoms with Crippen LogP contribution in [-0.2, 0) is 0 Å². The van der Waals surface area contributed by atoms with Gasteiger partial charge in [0.2, 0.25) is 0 Å². The predicted octanol–water partition coefficient (Wildman–Crippen LogP) is 3.58. The van der Waals surface area contributed by atoms with E-state index in [1.54, 1.807) is 0 Å². The van der Waals surface area contributed by atoms with E-state index in [2.05, 4.69) is 22.5 Å². The summed E-state index contributed by atoms with van der Waals surface area (Å²) in [5.41, 5.74) is 1.19. The first-order valence-electron chi connectivity index (χ1n) is 7.69. The van der Waals surface area contributed by atoms with E-state index in [0.29, 0.717) is 6.04 Å². The van der Waals surface area contributed by atoms with E-state index >= 15 is 0 Å². The molecule has 2 aliphatic rings. The van der Waals surface area contributed by atoms with E-state index in [-0.39, 0.29) is 0 Å². The van der Waals surface area contributed by atoms with E-state index in [1.165, 1.54) is 55.9 Å². The Morgan fingerprint density at radius 3 is 2.95 bits per heavy atom. The quantitative estimate of drug-likeness (QED) is 0.916. The van der Waals surface area contributed by atoms with Crippen molar-refractivity contribution in [2.75, 3.05) is 18.5 Å². The lowest BCUT2D eigenvalue weighted by atomic mass is 9.78. The van der Waals surface area contributed by atoms with Gasteiger partial charge in [-0.3, -0.25) is 0 Å². The fourth-order valence-electron chi connectivity index (χ4n) is 3.62. The van der Waals surface area contributed by atoms with Crippen molar-refractivity contribution in [1.82, 2.24) is 10.3 Å². The van der Waals surface area contributed by atoms with Crippen LogP contribution >= 0.6 is 11.3 Å². The average Bonchev–Trinajstić information content (AvgIpc) is 2.95. The zero-order valence-electron chi connectivity index (χ0n) is 12.1. The summed E-state index contributed by atoms with van der Waals surface area (Å²) in [6, 6.07) is 1.13. The molecule has 0 aromatic carbocycles. The molecule has 1 aromatic heterocycles. The molecule has 3 rings (SSSR count). The number of piperidine rings is 1. The second-order valence-electron chi connectivity index (χ2n) is 6.01. The molecule has 3 unspecified atom stereocenters. The van der Waals surface area contributed by atoms with Gasteiger partial charge in [-0.2, -0.15) is 0 Å². The number of rotatable bonds is 3. The van der Waals surface area contributed by atoms with Crippen LogP contribution in [0.5, 0.6) is 0 Å². The maximum Gasteiger partial charge on any atom is 0.185 e. The highest BCUT2D eigenvalue weighted by atomic mass is 32.1. The molecule has 1 aromatic rings. The number of hydrogen-bond acceptors (Lipinski definition) is 4. The molecule has 1 aliphatic heterocycles. The number of anilines is 1. The predicted molar refractivity (Wildman–Crippen MR) is 81.9 cm³/mol. The maximum absolute atomic E-state index is 4.88. The second kappa shape index (κ2) is 5.80. The molecular formula is C15H25N3S. The fourth-order valence-corrected chi connectivity index (χ4v) is 4.62. The lowest BCUT2D eigenvalue weighted by molar-refractivity contribution is 0.243. The molecule has 106 valence electrons. The van der Waals surface area contributed by atoms with Gasteiger partial charge in [-0.25, -0.2) is 4.98 Å². The van der Waals surface area contributed by atoms with E-state index in [1.807, 2.05) is 18.4 Å². The van der Waals surface area contributed by atoms with Crippen LogP contribution < -0.4 is 10.2 Å². The number of nitrogens with one attached hydrogen (secondary N) is 1. The van der Waals surface area contributed by atoms with E-state index in [9.17, 15) is 0 Å². The molecule has 1 saturated heterocycles. The minimum atomic E-state index is 0.358. The largest absolute Gasteiger partial charge is 0.345 e. The van der Waals surface area contributed by atoms with Crippen LogP contribution in [0.25, 0.3) is 0 Å². The molecule has 0 spiro atoms. The van der Waals surface area contributed by atoms with E-state index < -0.39 is 0 Å². The molecule has 19 heavy (non-hydrogen) atoms. The Labute approximate surface area is 120 Å². The molecule has 0 amide bonds. The lowest BCUT2D eigenvalue weighted by Crippen LogP contribution is -2.46. The van der Waals surface area contributed by atoms with Crippen LogP contribution in [0.2, 0.25) is 0 Å². The van der Waals surface area contributed by atoms with Gasteiger partial charge in [-0.1, -0.05) is 12.8 Å². The molecule has 0 bridgehead atoms. The van der Waals surface area contributed by atoms with Crippen molar-refractivity contribution < 1.29 is 0 Å². The van der Waals surface area contributed by atoms with Crippen molar-refractivity contribution in [3.05, 3.63) is 11.1 Å². The molecule has 1 saturated carbocycles. The highest BCUT2D eigenvalue weighted by Crippen LogP contribution is 2.38. The average molecular weight is 279 g/mol. The SMILES string of the molecule is CNC(C)c1csc(N2CCCC3CCCCC32)n1. The Bertz CT molecular complexity index is 415. The van der Waals surface area contributed by atoms with Crippen molar-refractivity contribution >= 4 is 16.5 Å². The Hall–Kier alpha value is -0.610. The maximum atomic E-state index is 4.88. The van der Waals surface area contributed by atoms with Crippen molar-refractivity contribution in [3.63, 3.8) is 0 Å². The molecule has 3 nitrogen and oxygen atoms in total. The van der Waals surface area contributed by atoms with Crippen LogP contribution in [0, 0.1) is 5.92 Å². The fraction of sp³-hybridized carbons (Fsp3) is 0.800. The molecular weight excluding hydrogens is 254 g/mol. The van der Waals surface area contributed by atoms with Gasteiger partial charge in [-0.15, -0.1) is 11.3 Å². The molecule has 1 N–H and O–H groups in total. The van der Waals surface area contributed by atoms with Crippen molar-refractivity contribution in [1.29, 1.82) is 0 Å². The third-order valence-electron chi connectivity index (χ3n) is 4.88. The highest BCUT2D eigenvalue weighted by Gasteiger charge is 2.34. The Morgan fingerprint density at radius 1 is 1.32 bits per heavy atom. The Balaban J connectivity index is 1.78. The molecule has 2 fully saturated rings. The van der Waals surface area contributed by atoms with Crippen LogP contribution in [0.4, 0.5) is 5.13 Å². The highest BCUT2D eigenvalue weighted by molar-refractivity contribution is 7.13. The van der Waals surface area contributed by atoms with Gasteiger partial charge in [0.15, 0.2) is 5.13 Å². The minimum Gasteiger partial charge on any atom is -0.345 e. The second-order valence-corrected chi connectivity index (χ2v) is 6.85. The Morgan fingerprint density at radius 2 is 2.11 bits per heavy atom. The topological polar surface area (TPSA) is 28.2 Å². The summed E-state index contributed by atoms with van der Waals surface area (Å²) in [6.45, 7) is 3.39. The van der Waals surface area contributed by atoms with E-state index in [0.717, 1.165) is 12.0 Å². The monoisotopic (exact) mass is 279 g/mol. The number of nitrogens with zero attached hydrogens (tertiary/aromatic N) is 2. The number of aromatic nitrogens is 1. The summed E-state index contributed by atoms with van der Waals surface area (Å²) < 4.78 is 0. The van der Waals surface area contributed by atoms with Crippen LogP contribution in [-0.4, -0.2) is 24.6 Å². The molecule has 4 heteroatoms. The summed E-state index contributed by atoms with van der Waals surface area (Å²) in [6.07, 6.45) is 8.44. The van der Waals surface area contributed by atoms with Crippen molar-refractivity contribution in [3.8, 4) is 0 Å². The van der Waals surface area contributed by atoms with Gasteiger partial charge in [0, 0.05) is 24.0 Å². The number of thiazole rings is 1.